The molecule has 1 heterocycles. The predicted octanol–water partition coefficient (Wildman–Crippen LogP) is 1.80. The maximum absolute atomic E-state index is 13.0. The van der Waals surface area contributed by atoms with Gasteiger partial charge in [-0.15, -0.1) is 5.10 Å². The minimum Gasteiger partial charge on any atom is -0.355 e. The molecule has 0 amide bonds. The molecule has 1 aromatic heterocycles. The summed E-state index contributed by atoms with van der Waals surface area (Å²) in [5.74, 6) is -1.44. The molecular weight excluding hydrogens is 190 g/mol. The van der Waals surface area contributed by atoms with E-state index in [1.807, 2.05) is 0 Å². The molecule has 2 aromatic rings. The third-order valence-corrected chi connectivity index (χ3v) is 1.52. The molecule has 14 heavy (non-hydrogen) atoms. The van der Waals surface area contributed by atoms with Crippen molar-refractivity contribution in [1.82, 2.24) is 9.94 Å². The zero-order valence-electron chi connectivity index (χ0n) is 6.95. The Bertz CT molecular complexity index is 428. The summed E-state index contributed by atoms with van der Waals surface area (Å²) >= 11 is 0. The van der Waals surface area contributed by atoms with Gasteiger partial charge in [-0.2, -0.15) is 0 Å². The molecule has 0 saturated carbocycles. The van der Waals surface area contributed by atoms with Crippen molar-refractivity contribution in [2.75, 3.05) is 0 Å². The third-order valence-electron chi connectivity index (χ3n) is 1.52. The van der Waals surface area contributed by atoms with Crippen LogP contribution in [0.2, 0.25) is 0 Å². The quantitative estimate of drug-likeness (QED) is 0.730. The summed E-state index contributed by atoms with van der Waals surface area (Å²) in [4.78, 5) is 5.87. The molecule has 5 heteroatoms. The van der Waals surface area contributed by atoms with Crippen molar-refractivity contribution in [2.24, 2.45) is 0 Å². The smallest absolute Gasteiger partial charge is 0.196 e. The van der Waals surface area contributed by atoms with Gasteiger partial charge in [-0.3, -0.25) is 0 Å². The van der Waals surface area contributed by atoms with Gasteiger partial charge in [0.25, 0.3) is 0 Å². The lowest BCUT2D eigenvalue weighted by molar-refractivity contribution is 0.169. The summed E-state index contributed by atoms with van der Waals surface area (Å²) in [6.45, 7) is 0. The van der Waals surface area contributed by atoms with Gasteiger partial charge in [-0.25, -0.2) is 8.78 Å². The Morgan fingerprint density at radius 1 is 1.36 bits per heavy atom. The van der Waals surface area contributed by atoms with E-state index in [4.69, 9.17) is 4.84 Å². The van der Waals surface area contributed by atoms with Crippen LogP contribution >= 0.6 is 0 Å². The first-order chi connectivity index (χ1) is 6.75. The van der Waals surface area contributed by atoms with Crippen LogP contribution in [0.4, 0.5) is 8.78 Å². The summed E-state index contributed by atoms with van der Waals surface area (Å²) in [6, 6.07) is 4.42. The first kappa shape index (κ1) is 8.68. The molecule has 0 saturated heterocycles. The number of hydrogen-bond donors (Lipinski definition) is 0. The third kappa shape index (κ3) is 1.71. The predicted molar refractivity (Wildman–Crippen MR) is 43.4 cm³/mol. The zero-order valence-corrected chi connectivity index (χ0v) is 6.95. The SMILES string of the molecule is Fc1ccc(F)c(On2cc[c]n2)c1. The molecule has 0 unspecified atom stereocenters. The number of rotatable bonds is 2. The van der Waals surface area contributed by atoms with Gasteiger partial charge in [0.05, 0.1) is 6.20 Å². The lowest BCUT2D eigenvalue weighted by Crippen LogP contribution is -2.06. The van der Waals surface area contributed by atoms with Gasteiger partial charge < -0.3 is 4.84 Å². The van der Waals surface area contributed by atoms with Crippen molar-refractivity contribution in [3.05, 3.63) is 48.3 Å². The van der Waals surface area contributed by atoms with Crippen LogP contribution < -0.4 is 4.84 Å². The van der Waals surface area contributed by atoms with E-state index >= 15 is 0 Å². The zero-order chi connectivity index (χ0) is 9.97. The Labute approximate surface area is 78.5 Å². The Kier molecular flexibility index (Phi) is 2.14. The van der Waals surface area contributed by atoms with E-state index in [1.165, 1.54) is 12.3 Å². The number of hydrogen-bond acceptors (Lipinski definition) is 2. The Morgan fingerprint density at radius 3 is 2.93 bits per heavy atom. The van der Waals surface area contributed by atoms with E-state index in [0.29, 0.717) is 0 Å². The minimum absolute atomic E-state index is 0.220. The van der Waals surface area contributed by atoms with Crippen LogP contribution in [0.25, 0.3) is 0 Å². The average molecular weight is 195 g/mol. The van der Waals surface area contributed by atoms with Crippen molar-refractivity contribution in [3.8, 4) is 5.75 Å². The number of halogens is 2. The topological polar surface area (TPSA) is 27.1 Å². The van der Waals surface area contributed by atoms with Crippen LogP contribution in [0, 0.1) is 17.8 Å². The molecule has 71 valence electrons. The van der Waals surface area contributed by atoms with Crippen molar-refractivity contribution in [2.45, 2.75) is 0 Å². The van der Waals surface area contributed by atoms with E-state index in [1.54, 1.807) is 0 Å². The number of benzene rings is 1. The standard InChI is InChI=1S/C9H5F2N2O/c10-7-2-3-8(11)9(6-7)14-13-5-1-4-12-13/h1-3,5-6H. The molecule has 0 bridgehead atoms. The summed E-state index contributed by atoms with van der Waals surface area (Å²) in [5.41, 5.74) is 0. The number of aromatic nitrogens is 2. The Hall–Kier alpha value is -1.91. The van der Waals surface area contributed by atoms with Crippen LogP contribution in [0.1, 0.15) is 0 Å². The van der Waals surface area contributed by atoms with E-state index in [0.717, 1.165) is 23.0 Å². The van der Waals surface area contributed by atoms with E-state index in [-0.39, 0.29) is 5.75 Å². The van der Waals surface area contributed by atoms with Gasteiger partial charge in [0, 0.05) is 6.07 Å². The van der Waals surface area contributed by atoms with Crippen molar-refractivity contribution in [1.29, 1.82) is 0 Å². The van der Waals surface area contributed by atoms with E-state index in [2.05, 4.69) is 11.3 Å². The summed E-state index contributed by atoms with van der Waals surface area (Å²) in [6.07, 6.45) is 3.88. The normalized spacial score (nSPS) is 10.1. The van der Waals surface area contributed by atoms with Gasteiger partial charge in [0.1, 0.15) is 12.0 Å². The fourth-order valence-corrected chi connectivity index (χ4v) is 0.919. The first-order valence-corrected chi connectivity index (χ1v) is 3.81. The minimum atomic E-state index is -0.651. The molecule has 3 nitrogen and oxygen atoms in total. The molecule has 0 fully saturated rings. The highest BCUT2D eigenvalue weighted by atomic mass is 19.1. The van der Waals surface area contributed by atoms with Crippen LogP contribution in [0.15, 0.2) is 30.5 Å². The molecule has 1 radical (unpaired) electrons. The molecule has 0 aliphatic rings. The second-order valence-corrected chi connectivity index (χ2v) is 2.51. The fourth-order valence-electron chi connectivity index (χ4n) is 0.919. The highest BCUT2D eigenvalue weighted by Crippen LogP contribution is 2.17. The van der Waals surface area contributed by atoms with Gasteiger partial charge in [-0.1, -0.05) is 4.85 Å². The van der Waals surface area contributed by atoms with Crippen molar-refractivity contribution < 1.29 is 13.6 Å². The highest BCUT2D eigenvalue weighted by Gasteiger charge is 2.06. The van der Waals surface area contributed by atoms with Crippen LogP contribution in [0.3, 0.4) is 0 Å². The summed E-state index contributed by atoms with van der Waals surface area (Å²) in [7, 11) is 0. The van der Waals surface area contributed by atoms with Gasteiger partial charge in [0.15, 0.2) is 11.6 Å². The molecule has 0 N–H and O–H groups in total. The summed E-state index contributed by atoms with van der Waals surface area (Å²) < 4.78 is 25.7. The molecule has 0 atom stereocenters. The average Bonchev–Trinajstić information content (AvgIpc) is 2.64. The Balaban J connectivity index is 2.28. The molecule has 1 aromatic carbocycles. The van der Waals surface area contributed by atoms with Gasteiger partial charge in [0.2, 0.25) is 0 Å². The summed E-state index contributed by atoms with van der Waals surface area (Å²) in [5, 5.41) is 3.56. The highest BCUT2D eigenvalue weighted by molar-refractivity contribution is 5.24. The lowest BCUT2D eigenvalue weighted by Gasteiger charge is -2.04. The molecule has 0 spiro atoms. The molecule has 0 aliphatic carbocycles. The molecular formula is C9H5F2N2O. The Morgan fingerprint density at radius 2 is 2.21 bits per heavy atom. The maximum atomic E-state index is 13.0. The number of nitrogens with zero attached hydrogens (tertiary/aromatic N) is 2. The van der Waals surface area contributed by atoms with Crippen molar-refractivity contribution >= 4 is 0 Å². The monoisotopic (exact) mass is 195 g/mol. The maximum Gasteiger partial charge on any atom is 0.196 e. The van der Waals surface area contributed by atoms with E-state index < -0.39 is 11.6 Å². The van der Waals surface area contributed by atoms with Crippen LogP contribution in [0.5, 0.6) is 5.75 Å². The second-order valence-electron chi connectivity index (χ2n) is 2.51. The molecule has 0 aliphatic heterocycles. The largest absolute Gasteiger partial charge is 0.355 e. The van der Waals surface area contributed by atoms with Crippen LogP contribution in [-0.4, -0.2) is 9.94 Å². The first-order valence-electron chi connectivity index (χ1n) is 3.81. The van der Waals surface area contributed by atoms with Crippen molar-refractivity contribution in [3.63, 3.8) is 0 Å². The lowest BCUT2D eigenvalue weighted by atomic mass is 10.3. The van der Waals surface area contributed by atoms with Gasteiger partial charge >= 0.3 is 0 Å². The molecule has 2 rings (SSSR count). The van der Waals surface area contributed by atoms with E-state index in [9.17, 15) is 8.78 Å². The van der Waals surface area contributed by atoms with Gasteiger partial charge in [-0.05, 0) is 18.2 Å². The second kappa shape index (κ2) is 3.45. The van der Waals surface area contributed by atoms with Crippen LogP contribution in [-0.2, 0) is 0 Å². The fraction of sp³-hybridized carbons (Fsp3) is 0.